The summed E-state index contributed by atoms with van der Waals surface area (Å²) in [7, 11) is -12.9. The zero-order valence-electron chi connectivity index (χ0n) is 15.0. The average molecular weight is 530 g/mol. The van der Waals surface area contributed by atoms with Crippen molar-refractivity contribution in [1.82, 2.24) is 15.0 Å². The number of nitrogens with zero attached hydrogens (tertiary/aromatic N) is 3. The van der Waals surface area contributed by atoms with Crippen LogP contribution >= 0.6 is 0 Å². The van der Waals surface area contributed by atoms with Gasteiger partial charge >= 0.3 is 17.1 Å². The minimum absolute atomic E-state index is 0. The third-order valence-corrected chi connectivity index (χ3v) is 5.23. The van der Waals surface area contributed by atoms with E-state index >= 15 is 0 Å². The maximum absolute atomic E-state index is 10.2. The third kappa shape index (κ3) is 11.6. The molecule has 0 aliphatic carbocycles. The summed E-state index contributed by atoms with van der Waals surface area (Å²) in [4.78, 5) is 9.53. The molecule has 31 heavy (non-hydrogen) atoms. The molecule has 0 saturated heterocycles. The summed E-state index contributed by atoms with van der Waals surface area (Å²) >= 11 is 0. The van der Waals surface area contributed by atoms with Gasteiger partial charge in [-0.05, 0) is 36.4 Å². The van der Waals surface area contributed by atoms with E-state index < -0.39 is 30.4 Å². The first-order valence-corrected chi connectivity index (χ1v) is 11.6. The number of aromatic nitrogens is 3. The topological polar surface area (TPSA) is 210 Å². The van der Waals surface area contributed by atoms with Crippen LogP contribution in [-0.4, -0.2) is 53.9 Å². The molecule has 3 rings (SSSR count). The van der Waals surface area contributed by atoms with Gasteiger partial charge in [0.15, 0.2) is 0 Å². The molecule has 16 heteroatoms. The van der Waals surface area contributed by atoms with Crippen LogP contribution in [0.15, 0.2) is 88.3 Å². The number of hydrogen-bond acceptors (Lipinski definition) is 12. The molecule has 3 aromatic heterocycles. The quantitative estimate of drug-likeness (QED) is 0.322. The van der Waals surface area contributed by atoms with E-state index in [4.69, 9.17) is 0 Å². The molecule has 3 aromatic rings. The Morgan fingerprint density at radius 3 is 0.839 bits per heavy atom. The van der Waals surface area contributed by atoms with E-state index in [1.807, 2.05) is 0 Å². The summed E-state index contributed by atoms with van der Waals surface area (Å²) in [6.45, 7) is 0. The van der Waals surface area contributed by atoms with Crippen molar-refractivity contribution in [3.05, 3.63) is 73.6 Å². The molecule has 0 spiro atoms. The van der Waals surface area contributed by atoms with Crippen LogP contribution in [0.1, 0.15) is 0 Å². The van der Waals surface area contributed by atoms with Gasteiger partial charge in [-0.25, -0.2) is 25.3 Å². The Morgan fingerprint density at radius 1 is 0.516 bits per heavy atom. The van der Waals surface area contributed by atoms with Crippen molar-refractivity contribution in [3.63, 3.8) is 0 Å². The van der Waals surface area contributed by atoms with Gasteiger partial charge in [-0.15, -0.1) is 0 Å². The molecular formula is C15H12FeN3O9S3. The maximum Gasteiger partial charge on any atom is 3.00 e. The van der Waals surface area contributed by atoms with Gasteiger partial charge in [-0.3, -0.25) is 15.0 Å². The van der Waals surface area contributed by atoms with Gasteiger partial charge in [0.2, 0.25) is 0 Å². The van der Waals surface area contributed by atoms with Gasteiger partial charge in [0.05, 0.1) is 14.7 Å². The first-order chi connectivity index (χ1) is 13.8. The molecule has 167 valence electrons. The third-order valence-electron chi connectivity index (χ3n) is 2.77. The Balaban J connectivity index is 0.000000429. The Labute approximate surface area is 189 Å². The van der Waals surface area contributed by atoms with Gasteiger partial charge in [0.25, 0.3) is 0 Å². The first-order valence-electron chi connectivity index (χ1n) is 7.39. The molecule has 0 N–H and O–H groups in total. The molecule has 0 unspecified atom stereocenters. The van der Waals surface area contributed by atoms with Crippen LogP contribution in [0.2, 0.25) is 0 Å². The van der Waals surface area contributed by atoms with Crippen LogP contribution in [-0.2, 0) is 47.4 Å². The predicted octanol–water partition coefficient (Wildman–Crippen LogP) is -0.0454. The van der Waals surface area contributed by atoms with Crippen molar-refractivity contribution >= 4 is 30.4 Å². The SMILES string of the molecule is O=S(=O)([O-])c1cccnc1.O=S(=O)([O-])c1cccnc1.O=S(=O)([O-])c1cccnc1.[Fe+3]. The number of rotatable bonds is 3. The number of pyridine rings is 3. The van der Waals surface area contributed by atoms with Crippen LogP contribution in [0.3, 0.4) is 0 Å². The van der Waals surface area contributed by atoms with Crippen LogP contribution in [0.5, 0.6) is 0 Å². The average Bonchev–Trinajstić information content (AvgIpc) is 2.69. The summed E-state index contributed by atoms with van der Waals surface area (Å²) in [6, 6.07) is 7.79. The Kier molecular flexibility index (Phi) is 11.6. The molecule has 12 nitrogen and oxygen atoms in total. The van der Waals surface area contributed by atoms with E-state index in [-0.39, 0.29) is 31.8 Å². The van der Waals surface area contributed by atoms with Crippen LogP contribution in [0.25, 0.3) is 0 Å². The van der Waals surface area contributed by atoms with Gasteiger partial charge in [0.1, 0.15) is 30.4 Å². The van der Waals surface area contributed by atoms with Gasteiger partial charge < -0.3 is 13.7 Å². The standard InChI is InChI=1S/3C5H5NO3S.Fe/c3*7-10(8,9)5-2-1-3-6-4-5;/h3*1-4H,(H,7,8,9);/q;;;+3/p-3. The molecule has 0 saturated carbocycles. The molecule has 0 atom stereocenters. The molecule has 0 aromatic carbocycles. The second kappa shape index (κ2) is 12.5. The Morgan fingerprint density at radius 2 is 0.742 bits per heavy atom. The minimum atomic E-state index is -4.32. The van der Waals surface area contributed by atoms with Crippen LogP contribution in [0, 0.1) is 0 Å². The summed E-state index contributed by atoms with van der Waals surface area (Å²) in [5, 5.41) is 0. The van der Waals surface area contributed by atoms with Gasteiger partial charge in [0, 0.05) is 37.2 Å². The summed E-state index contributed by atoms with van der Waals surface area (Å²) in [6.07, 6.45) is 7.24. The van der Waals surface area contributed by atoms with E-state index in [0.29, 0.717) is 0 Å². The fourth-order valence-electron chi connectivity index (χ4n) is 1.48. The largest absolute Gasteiger partial charge is 3.00 e. The summed E-state index contributed by atoms with van der Waals surface area (Å²) in [5.74, 6) is 0. The Bertz CT molecular complexity index is 1080. The van der Waals surface area contributed by atoms with E-state index in [1.165, 1.54) is 55.0 Å². The monoisotopic (exact) mass is 530 g/mol. The second-order valence-corrected chi connectivity index (χ2v) is 9.07. The molecule has 3 heterocycles. The smallest absolute Gasteiger partial charge is 0.744 e. The van der Waals surface area contributed by atoms with Crippen molar-refractivity contribution in [2.24, 2.45) is 0 Å². The molecule has 0 aliphatic heterocycles. The molecular weight excluding hydrogens is 518 g/mol. The van der Waals surface area contributed by atoms with E-state index in [1.54, 1.807) is 0 Å². The summed E-state index contributed by atoms with van der Waals surface area (Å²) < 4.78 is 92.1. The normalized spacial score (nSPS) is 10.9. The van der Waals surface area contributed by atoms with Crippen molar-refractivity contribution in [3.8, 4) is 0 Å². The molecule has 0 amide bonds. The second-order valence-electron chi connectivity index (χ2n) is 4.93. The fourth-order valence-corrected chi connectivity index (χ4v) is 2.79. The minimum Gasteiger partial charge on any atom is -0.744 e. The van der Waals surface area contributed by atoms with E-state index in [2.05, 4.69) is 15.0 Å². The zero-order chi connectivity index (χ0) is 22.8. The van der Waals surface area contributed by atoms with Crippen LogP contribution in [0.4, 0.5) is 0 Å². The van der Waals surface area contributed by atoms with Crippen molar-refractivity contribution in [1.29, 1.82) is 0 Å². The number of hydrogen-bond donors (Lipinski definition) is 0. The Hall–Kier alpha value is -2.30. The van der Waals surface area contributed by atoms with Crippen molar-refractivity contribution in [2.45, 2.75) is 14.7 Å². The molecule has 1 radical (unpaired) electrons. The van der Waals surface area contributed by atoms with E-state index in [0.717, 1.165) is 18.6 Å². The molecule has 0 bridgehead atoms. The van der Waals surface area contributed by atoms with Crippen molar-refractivity contribution < 1.29 is 56.0 Å². The molecule has 0 fully saturated rings. The molecule has 0 aliphatic rings. The van der Waals surface area contributed by atoms with Crippen molar-refractivity contribution in [2.75, 3.05) is 0 Å². The van der Waals surface area contributed by atoms with Crippen LogP contribution < -0.4 is 0 Å². The predicted molar refractivity (Wildman–Crippen MR) is 96.6 cm³/mol. The zero-order valence-corrected chi connectivity index (χ0v) is 18.6. The van der Waals surface area contributed by atoms with Gasteiger partial charge in [-0.2, -0.15) is 0 Å². The fraction of sp³-hybridized carbons (Fsp3) is 0. The van der Waals surface area contributed by atoms with Gasteiger partial charge in [-0.1, -0.05) is 0 Å². The maximum atomic E-state index is 10.2. The summed E-state index contributed by atoms with van der Waals surface area (Å²) in [5.41, 5.74) is 0. The van der Waals surface area contributed by atoms with E-state index in [9.17, 15) is 38.9 Å². The first kappa shape index (κ1) is 28.7.